The average Bonchev–Trinajstić information content (AvgIpc) is 2.69. The quantitative estimate of drug-likeness (QED) is 0.847. The first-order valence-electron chi connectivity index (χ1n) is 4.66. The number of benzene rings is 1. The molecule has 0 aliphatic heterocycles. The maximum absolute atomic E-state index is 12.1. The molecule has 0 radical (unpaired) electrons. The normalized spacial score (nSPS) is 11.7. The number of aryl methyl sites for hydroxylation is 1. The Bertz CT molecular complexity index is 659. The van der Waals surface area contributed by atoms with Crippen LogP contribution in [0.3, 0.4) is 0 Å². The molecule has 0 spiro atoms. The number of hydrogen-bond acceptors (Lipinski definition) is 3. The van der Waals surface area contributed by atoms with Crippen LogP contribution in [-0.4, -0.2) is 8.42 Å². The number of furan rings is 1. The minimum atomic E-state index is -3.59. The Morgan fingerprint density at radius 3 is 2.29 bits per heavy atom. The second-order valence-electron chi connectivity index (χ2n) is 3.47. The van der Waals surface area contributed by atoms with Crippen LogP contribution in [0.2, 0.25) is 10.0 Å². The minimum absolute atomic E-state index is 0.0905. The van der Waals surface area contributed by atoms with E-state index in [1.54, 1.807) is 6.92 Å². The Balaban J connectivity index is 2.56. The van der Waals surface area contributed by atoms with E-state index in [2.05, 4.69) is 0 Å². The van der Waals surface area contributed by atoms with Gasteiger partial charge in [-0.05, 0) is 31.2 Å². The van der Waals surface area contributed by atoms with Crippen molar-refractivity contribution in [3.8, 4) is 0 Å². The first-order chi connectivity index (χ1) is 7.91. The van der Waals surface area contributed by atoms with Crippen molar-refractivity contribution in [3.63, 3.8) is 0 Å². The fraction of sp³-hybridized carbons (Fsp3) is 0.0909. The van der Waals surface area contributed by atoms with Gasteiger partial charge in [-0.15, -0.1) is 0 Å². The highest BCUT2D eigenvalue weighted by Crippen LogP contribution is 2.28. The highest BCUT2D eigenvalue weighted by molar-refractivity contribution is 7.91. The SMILES string of the molecule is Cc1cc(S(=O)(=O)c2ccc(Cl)c(Cl)c2)co1. The molecule has 0 unspecified atom stereocenters. The van der Waals surface area contributed by atoms with E-state index in [4.69, 9.17) is 27.6 Å². The van der Waals surface area contributed by atoms with E-state index in [-0.39, 0.29) is 14.8 Å². The van der Waals surface area contributed by atoms with Crippen LogP contribution in [0, 0.1) is 6.92 Å². The molecular weight excluding hydrogens is 283 g/mol. The van der Waals surface area contributed by atoms with E-state index in [0.717, 1.165) is 0 Å². The van der Waals surface area contributed by atoms with Crippen molar-refractivity contribution in [1.82, 2.24) is 0 Å². The van der Waals surface area contributed by atoms with E-state index in [0.29, 0.717) is 10.8 Å². The Kier molecular flexibility index (Phi) is 3.21. The maximum Gasteiger partial charge on any atom is 0.209 e. The average molecular weight is 291 g/mol. The number of hydrogen-bond donors (Lipinski definition) is 0. The molecule has 1 aromatic carbocycles. The number of halogens is 2. The molecule has 3 nitrogen and oxygen atoms in total. The third kappa shape index (κ3) is 2.34. The largest absolute Gasteiger partial charge is 0.468 e. The molecule has 0 aliphatic carbocycles. The molecule has 0 atom stereocenters. The second-order valence-corrected chi connectivity index (χ2v) is 6.24. The van der Waals surface area contributed by atoms with Gasteiger partial charge >= 0.3 is 0 Å². The molecule has 6 heteroatoms. The van der Waals surface area contributed by atoms with Crippen molar-refractivity contribution in [3.05, 3.63) is 46.3 Å². The van der Waals surface area contributed by atoms with Gasteiger partial charge in [-0.3, -0.25) is 0 Å². The molecule has 2 aromatic rings. The lowest BCUT2D eigenvalue weighted by molar-refractivity contribution is 0.527. The lowest BCUT2D eigenvalue weighted by Gasteiger charge is -2.02. The van der Waals surface area contributed by atoms with Crippen molar-refractivity contribution in [2.75, 3.05) is 0 Å². The Morgan fingerprint density at radius 1 is 1.06 bits per heavy atom. The molecule has 0 saturated carbocycles. The monoisotopic (exact) mass is 290 g/mol. The minimum Gasteiger partial charge on any atom is -0.468 e. The van der Waals surface area contributed by atoms with Gasteiger partial charge in [0.2, 0.25) is 9.84 Å². The summed E-state index contributed by atoms with van der Waals surface area (Å²) in [5.74, 6) is 0.531. The lowest BCUT2D eigenvalue weighted by atomic mass is 10.4. The van der Waals surface area contributed by atoms with E-state index in [1.165, 1.54) is 30.5 Å². The van der Waals surface area contributed by atoms with Crippen LogP contribution in [-0.2, 0) is 9.84 Å². The smallest absolute Gasteiger partial charge is 0.209 e. The van der Waals surface area contributed by atoms with Crippen LogP contribution in [0.25, 0.3) is 0 Å². The molecule has 0 fully saturated rings. The zero-order valence-corrected chi connectivity index (χ0v) is 11.1. The van der Waals surface area contributed by atoms with Crippen LogP contribution in [0.4, 0.5) is 0 Å². The fourth-order valence-corrected chi connectivity index (χ4v) is 2.99. The van der Waals surface area contributed by atoms with Crippen LogP contribution in [0.1, 0.15) is 5.76 Å². The van der Waals surface area contributed by atoms with Crippen molar-refractivity contribution < 1.29 is 12.8 Å². The highest BCUT2D eigenvalue weighted by atomic mass is 35.5. The molecule has 1 heterocycles. The van der Waals surface area contributed by atoms with E-state index in [1.807, 2.05) is 0 Å². The predicted molar refractivity (Wildman–Crippen MR) is 65.4 cm³/mol. The molecule has 0 aliphatic rings. The van der Waals surface area contributed by atoms with E-state index >= 15 is 0 Å². The van der Waals surface area contributed by atoms with Gasteiger partial charge in [0.25, 0.3) is 0 Å². The third-order valence-electron chi connectivity index (χ3n) is 2.22. The van der Waals surface area contributed by atoms with Gasteiger partial charge in [-0.1, -0.05) is 23.2 Å². The Morgan fingerprint density at radius 2 is 1.76 bits per heavy atom. The van der Waals surface area contributed by atoms with Gasteiger partial charge in [-0.25, -0.2) is 8.42 Å². The highest BCUT2D eigenvalue weighted by Gasteiger charge is 2.20. The second kappa shape index (κ2) is 4.37. The molecule has 90 valence electrons. The summed E-state index contributed by atoms with van der Waals surface area (Å²) in [5.41, 5.74) is 0. The molecule has 1 aromatic heterocycles. The summed E-state index contributed by atoms with van der Waals surface area (Å²) in [4.78, 5) is 0.195. The molecule has 0 amide bonds. The van der Waals surface area contributed by atoms with Crippen molar-refractivity contribution in [1.29, 1.82) is 0 Å². The van der Waals surface area contributed by atoms with Crippen molar-refractivity contribution >= 4 is 33.0 Å². The van der Waals surface area contributed by atoms with Gasteiger partial charge in [-0.2, -0.15) is 0 Å². The number of rotatable bonds is 2. The Hall–Kier alpha value is -0.970. The summed E-state index contributed by atoms with van der Waals surface area (Å²) >= 11 is 11.5. The van der Waals surface area contributed by atoms with Crippen molar-refractivity contribution in [2.45, 2.75) is 16.7 Å². The molecule has 2 rings (SSSR count). The van der Waals surface area contributed by atoms with Gasteiger partial charge in [0.05, 0.1) is 14.9 Å². The topological polar surface area (TPSA) is 47.3 Å². The summed E-state index contributed by atoms with van der Waals surface area (Å²) in [6, 6.07) is 5.63. The Labute approximate surface area is 109 Å². The van der Waals surface area contributed by atoms with E-state index in [9.17, 15) is 8.42 Å². The van der Waals surface area contributed by atoms with Crippen LogP contribution in [0.5, 0.6) is 0 Å². The third-order valence-corrected chi connectivity index (χ3v) is 4.67. The van der Waals surface area contributed by atoms with Gasteiger partial charge in [0.1, 0.15) is 16.9 Å². The summed E-state index contributed by atoms with van der Waals surface area (Å²) in [6.45, 7) is 1.67. The zero-order chi connectivity index (χ0) is 12.6. The van der Waals surface area contributed by atoms with Crippen molar-refractivity contribution in [2.24, 2.45) is 0 Å². The summed E-state index contributed by atoms with van der Waals surface area (Å²) in [6.07, 6.45) is 1.20. The maximum atomic E-state index is 12.1. The standard InChI is InChI=1S/C11H8Cl2O3S/c1-7-4-9(6-16-7)17(14,15)8-2-3-10(12)11(13)5-8/h2-6H,1H3. The predicted octanol–water partition coefficient (Wildman–Crippen LogP) is 3.73. The molecular formula is C11H8Cl2O3S. The number of sulfone groups is 1. The first-order valence-corrected chi connectivity index (χ1v) is 6.90. The summed E-state index contributed by atoms with van der Waals surface area (Å²) in [5, 5.41) is 0.516. The van der Waals surface area contributed by atoms with E-state index < -0.39 is 9.84 Å². The van der Waals surface area contributed by atoms with Gasteiger partial charge in [0, 0.05) is 0 Å². The van der Waals surface area contributed by atoms with Crippen LogP contribution in [0.15, 0.2) is 44.7 Å². The molecule has 0 bridgehead atoms. The fourth-order valence-electron chi connectivity index (χ4n) is 1.34. The van der Waals surface area contributed by atoms with Crippen LogP contribution >= 0.6 is 23.2 Å². The summed E-state index contributed by atoms with van der Waals surface area (Å²) in [7, 11) is -3.59. The summed E-state index contributed by atoms with van der Waals surface area (Å²) < 4.78 is 29.3. The first kappa shape index (κ1) is 12.5. The zero-order valence-electron chi connectivity index (χ0n) is 8.78. The van der Waals surface area contributed by atoms with Gasteiger partial charge in [0.15, 0.2) is 0 Å². The molecule has 0 N–H and O–H groups in total. The molecule has 17 heavy (non-hydrogen) atoms. The van der Waals surface area contributed by atoms with Gasteiger partial charge < -0.3 is 4.42 Å². The lowest BCUT2D eigenvalue weighted by Crippen LogP contribution is -2.00. The van der Waals surface area contributed by atoms with Crippen LogP contribution < -0.4 is 0 Å². The molecule has 0 saturated heterocycles.